The first-order valence-corrected chi connectivity index (χ1v) is 6.81. The SMILES string of the molecule is CCOc1ccc(C(N)C2CCCO2)c(Br)c1. The van der Waals surface area contributed by atoms with Crippen molar-refractivity contribution in [2.75, 3.05) is 13.2 Å². The van der Waals surface area contributed by atoms with E-state index in [1.165, 1.54) is 0 Å². The topological polar surface area (TPSA) is 44.5 Å². The van der Waals surface area contributed by atoms with Crippen LogP contribution in [-0.2, 0) is 4.74 Å². The summed E-state index contributed by atoms with van der Waals surface area (Å²) in [6.45, 7) is 3.47. The zero-order valence-electron chi connectivity index (χ0n) is 9.99. The average Bonchev–Trinajstić information content (AvgIpc) is 2.82. The lowest BCUT2D eigenvalue weighted by atomic mass is 10.0. The Labute approximate surface area is 110 Å². The van der Waals surface area contributed by atoms with Gasteiger partial charge < -0.3 is 15.2 Å². The van der Waals surface area contributed by atoms with Crippen LogP contribution in [0.2, 0.25) is 0 Å². The molecule has 1 aliphatic heterocycles. The number of rotatable bonds is 4. The molecule has 1 heterocycles. The van der Waals surface area contributed by atoms with E-state index < -0.39 is 0 Å². The summed E-state index contributed by atoms with van der Waals surface area (Å²) in [5.41, 5.74) is 7.31. The van der Waals surface area contributed by atoms with Gasteiger partial charge in [0.25, 0.3) is 0 Å². The van der Waals surface area contributed by atoms with Gasteiger partial charge in [-0.2, -0.15) is 0 Å². The molecule has 0 radical (unpaired) electrons. The normalized spacial score (nSPS) is 21.5. The van der Waals surface area contributed by atoms with E-state index in [1.54, 1.807) is 0 Å². The molecule has 2 atom stereocenters. The number of benzene rings is 1. The third-order valence-corrected chi connectivity index (χ3v) is 3.69. The van der Waals surface area contributed by atoms with Gasteiger partial charge in [0.2, 0.25) is 0 Å². The van der Waals surface area contributed by atoms with Crippen LogP contribution in [-0.4, -0.2) is 19.3 Å². The van der Waals surface area contributed by atoms with Crippen molar-refractivity contribution in [1.82, 2.24) is 0 Å². The molecule has 1 aromatic carbocycles. The van der Waals surface area contributed by atoms with Crippen LogP contribution in [0.5, 0.6) is 5.75 Å². The van der Waals surface area contributed by atoms with Crippen molar-refractivity contribution >= 4 is 15.9 Å². The molecule has 4 heteroatoms. The van der Waals surface area contributed by atoms with Crippen LogP contribution in [0.1, 0.15) is 31.4 Å². The van der Waals surface area contributed by atoms with Crippen molar-refractivity contribution in [3.05, 3.63) is 28.2 Å². The second-order valence-corrected chi connectivity index (χ2v) is 5.05. The molecule has 0 spiro atoms. The van der Waals surface area contributed by atoms with Crippen LogP contribution < -0.4 is 10.5 Å². The van der Waals surface area contributed by atoms with E-state index >= 15 is 0 Å². The van der Waals surface area contributed by atoms with E-state index in [4.69, 9.17) is 15.2 Å². The highest BCUT2D eigenvalue weighted by Gasteiger charge is 2.25. The number of ether oxygens (including phenoxy) is 2. The fraction of sp³-hybridized carbons (Fsp3) is 0.538. The molecule has 2 N–H and O–H groups in total. The minimum Gasteiger partial charge on any atom is -0.494 e. The third-order valence-electron chi connectivity index (χ3n) is 3.01. The number of nitrogens with two attached hydrogens (primary N) is 1. The summed E-state index contributed by atoms with van der Waals surface area (Å²) in [4.78, 5) is 0. The Morgan fingerprint density at radius 2 is 2.41 bits per heavy atom. The molecular weight excluding hydrogens is 282 g/mol. The minimum atomic E-state index is -0.0671. The van der Waals surface area contributed by atoms with Crippen molar-refractivity contribution in [2.24, 2.45) is 5.73 Å². The Kier molecular flexibility index (Phi) is 4.42. The van der Waals surface area contributed by atoms with Crippen molar-refractivity contribution in [2.45, 2.75) is 31.9 Å². The zero-order valence-corrected chi connectivity index (χ0v) is 11.6. The fourth-order valence-corrected chi connectivity index (χ4v) is 2.74. The second kappa shape index (κ2) is 5.85. The van der Waals surface area contributed by atoms with E-state index in [-0.39, 0.29) is 12.1 Å². The Balaban J connectivity index is 2.14. The number of hydrogen-bond donors (Lipinski definition) is 1. The van der Waals surface area contributed by atoms with Crippen molar-refractivity contribution in [3.8, 4) is 5.75 Å². The Morgan fingerprint density at radius 3 is 3.00 bits per heavy atom. The van der Waals surface area contributed by atoms with Gasteiger partial charge in [0.15, 0.2) is 0 Å². The highest BCUT2D eigenvalue weighted by Crippen LogP contribution is 2.32. The van der Waals surface area contributed by atoms with Gasteiger partial charge in [0.05, 0.1) is 18.8 Å². The van der Waals surface area contributed by atoms with Crippen molar-refractivity contribution in [3.63, 3.8) is 0 Å². The first kappa shape index (κ1) is 12.9. The van der Waals surface area contributed by atoms with Crippen LogP contribution in [0.4, 0.5) is 0 Å². The van der Waals surface area contributed by atoms with Crippen LogP contribution in [0.3, 0.4) is 0 Å². The quantitative estimate of drug-likeness (QED) is 0.929. The van der Waals surface area contributed by atoms with Crippen molar-refractivity contribution in [1.29, 1.82) is 0 Å². The zero-order chi connectivity index (χ0) is 12.3. The lowest BCUT2D eigenvalue weighted by Gasteiger charge is -2.20. The maximum atomic E-state index is 6.23. The number of halogens is 1. The maximum Gasteiger partial charge on any atom is 0.120 e. The smallest absolute Gasteiger partial charge is 0.120 e. The van der Waals surface area contributed by atoms with Crippen LogP contribution in [0, 0.1) is 0 Å². The molecule has 0 bridgehead atoms. The van der Waals surface area contributed by atoms with Gasteiger partial charge >= 0.3 is 0 Å². The molecule has 2 rings (SSSR count). The Morgan fingerprint density at radius 1 is 1.59 bits per heavy atom. The molecule has 0 amide bonds. The molecular formula is C13H18BrNO2. The molecule has 0 saturated carbocycles. The summed E-state index contributed by atoms with van der Waals surface area (Å²) < 4.78 is 12.1. The summed E-state index contributed by atoms with van der Waals surface area (Å²) in [5, 5.41) is 0. The molecule has 1 aliphatic rings. The summed E-state index contributed by atoms with van der Waals surface area (Å²) in [5.74, 6) is 0.864. The minimum absolute atomic E-state index is 0.0671. The Bertz CT molecular complexity index is 378. The van der Waals surface area contributed by atoms with Crippen molar-refractivity contribution < 1.29 is 9.47 Å². The lowest BCUT2D eigenvalue weighted by molar-refractivity contribution is 0.0898. The number of hydrogen-bond acceptors (Lipinski definition) is 3. The molecule has 17 heavy (non-hydrogen) atoms. The van der Waals surface area contributed by atoms with Gasteiger partial charge in [-0.15, -0.1) is 0 Å². The van der Waals surface area contributed by atoms with E-state index in [0.29, 0.717) is 6.61 Å². The molecule has 1 fully saturated rings. The molecule has 2 unspecified atom stereocenters. The summed E-state index contributed by atoms with van der Waals surface area (Å²) in [6, 6.07) is 5.87. The van der Waals surface area contributed by atoms with E-state index in [0.717, 1.165) is 35.2 Å². The first-order valence-electron chi connectivity index (χ1n) is 6.01. The van der Waals surface area contributed by atoms with Gasteiger partial charge in [0, 0.05) is 11.1 Å². The predicted octanol–water partition coefficient (Wildman–Crippen LogP) is 3.03. The second-order valence-electron chi connectivity index (χ2n) is 4.19. The van der Waals surface area contributed by atoms with E-state index in [9.17, 15) is 0 Å². The lowest BCUT2D eigenvalue weighted by Crippen LogP contribution is -2.25. The monoisotopic (exact) mass is 299 g/mol. The summed E-state index contributed by atoms with van der Waals surface area (Å²) in [7, 11) is 0. The standard InChI is InChI=1S/C13H18BrNO2/c1-2-16-9-5-6-10(11(14)8-9)13(15)12-4-3-7-17-12/h5-6,8,12-13H,2-4,7,15H2,1H3. The van der Waals surface area contributed by atoms with E-state index in [1.807, 2.05) is 25.1 Å². The van der Waals surface area contributed by atoms with Gasteiger partial charge in [-0.05, 0) is 37.5 Å². The highest BCUT2D eigenvalue weighted by molar-refractivity contribution is 9.10. The third kappa shape index (κ3) is 3.00. The van der Waals surface area contributed by atoms with Gasteiger partial charge in [0.1, 0.15) is 5.75 Å². The van der Waals surface area contributed by atoms with Gasteiger partial charge in [-0.1, -0.05) is 22.0 Å². The first-order chi connectivity index (χ1) is 8.22. The van der Waals surface area contributed by atoms with E-state index in [2.05, 4.69) is 15.9 Å². The van der Waals surface area contributed by atoms with Crippen LogP contribution >= 0.6 is 15.9 Å². The maximum absolute atomic E-state index is 6.23. The largest absolute Gasteiger partial charge is 0.494 e. The molecule has 1 saturated heterocycles. The molecule has 0 aromatic heterocycles. The predicted molar refractivity (Wildman–Crippen MR) is 71.2 cm³/mol. The molecule has 0 aliphatic carbocycles. The van der Waals surface area contributed by atoms with Gasteiger partial charge in [-0.3, -0.25) is 0 Å². The molecule has 3 nitrogen and oxygen atoms in total. The average molecular weight is 300 g/mol. The molecule has 1 aromatic rings. The highest BCUT2D eigenvalue weighted by atomic mass is 79.9. The van der Waals surface area contributed by atoms with Gasteiger partial charge in [-0.25, -0.2) is 0 Å². The molecule has 94 valence electrons. The van der Waals surface area contributed by atoms with Crippen LogP contribution in [0.15, 0.2) is 22.7 Å². The fourth-order valence-electron chi connectivity index (χ4n) is 2.12. The van der Waals surface area contributed by atoms with Crippen LogP contribution in [0.25, 0.3) is 0 Å². The summed E-state index contributed by atoms with van der Waals surface area (Å²) in [6.07, 6.45) is 2.29. The Hall–Kier alpha value is -0.580. The summed E-state index contributed by atoms with van der Waals surface area (Å²) >= 11 is 3.55.